The Bertz CT molecular complexity index is 1290. The zero-order valence-corrected chi connectivity index (χ0v) is 23.4. The van der Waals surface area contributed by atoms with E-state index in [9.17, 15) is 24.0 Å². The molecule has 11 heteroatoms. The summed E-state index contributed by atoms with van der Waals surface area (Å²) in [7, 11) is 0. The van der Waals surface area contributed by atoms with Crippen LogP contribution in [0.1, 0.15) is 66.1 Å². The number of esters is 4. The Morgan fingerprint density at radius 2 is 1.77 bits per heavy atom. The smallest absolute Gasteiger partial charge is 0.343 e. The molecular weight excluding hydrogens is 520 g/mol. The summed E-state index contributed by atoms with van der Waals surface area (Å²) in [6.45, 7) is 9.37. The van der Waals surface area contributed by atoms with E-state index in [0.29, 0.717) is 16.7 Å². The van der Waals surface area contributed by atoms with Gasteiger partial charge in [-0.2, -0.15) is 0 Å². The van der Waals surface area contributed by atoms with Gasteiger partial charge in [0.05, 0.1) is 17.4 Å². The molecule has 0 radical (unpaired) electrons. The van der Waals surface area contributed by atoms with Crippen molar-refractivity contribution in [2.24, 2.45) is 11.8 Å². The molecule has 3 rings (SSSR count). The number of ether oxygens (including phenoxy) is 4. The van der Waals surface area contributed by atoms with Crippen LogP contribution in [0.5, 0.6) is 5.75 Å². The molecule has 0 spiro atoms. The summed E-state index contributed by atoms with van der Waals surface area (Å²) in [5, 5.41) is 2.47. The van der Waals surface area contributed by atoms with Crippen molar-refractivity contribution in [3.63, 3.8) is 0 Å². The zero-order chi connectivity index (χ0) is 29.6. The van der Waals surface area contributed by atoms with Gasteiger partial charge in [-0.1, -0.05) is 39.0 Å². The second-order valence-electron chi connectivity index (χ2n) is 9.88. The molecule has 0 unspecified atom stereocenters. The van der Waals surface area contributed by atoms with Crippen molar-refractivity contribution in [2.75, 3.05) is 6.61 Å². The Hall–Kier alpha value is -4.28. The molecule has 1 amide bonds. The maximum absolute atomic E-state index is 13.3. The lowest BCUT2D eigenvalue weighted by atomic mass is 9.95. The molecule has 1 fully saturated rings. The first-order valence-corrected chi connectivity index (χ1v) is 13.1. The third-order valence-corrected chi connectivity index (χ3v) is 6.49. The third-order valence-electron chi connectivity index (χ3n) is 6.49. The highest BCUT2D eigenvalue weighted by Crippen LogP contribution is 2.25. The van der Waals surface area contributed by atoms with Crippen molar-refractivity contribution in [3.05, 3.63) is 58.9 Å². The van der Waals surface area contributed by atoms with E-state index in [4.69, 9.17) is 18.9 Å². The number of aromatic nitrogens is 1. The normalized spacial score (nSPS) is 21.3. The molecule has 1 saturated heterocycles. The fraction of sp³-hybridized carbons (Fsp3) is 0.448. The first-order chi connectivity index (χ1) is 18.9. The lowest BCUT2D eigenvalue weighted by Gasteiger charge is -2.29. The van der Waals surface area contributed by atoms with E-state index < -0.39 is 66.5 Å². The van der Waals surface area contributed by atoms with Gasteiger partial charge in [0.2, 0.25) is 0 Å². The summed E-state index contributed by atoms with van der Waals surface area (Å²) in [4.78, 5) is 68.4. The molecule has 1 aromatic carbocycles. The first-order valence-electron chi connectivity index (χ1n) is 13.1. The van der Waals surface area contributed by atoms with E-state index in [2.05, 4.69) is 10.3 Å². The molecule has 214 valence electrons. The predicted octanol–water partition coefficient (Wildman–Crippen LogP) is 3.10. The number of pyridine rings is 1. The van der Waals surface area contributed by atoms with Crippen LogP contribution in [0.15, 0.2) is 36.5 Å². The molecule has 1 aliphatic heterocycles. The van der Waals surface area contributed by atoms with Crippen LogP contribution >= 0.6 is 0 Å². The third kappa shape index (κ3) is 7.02. The number of carbonyl (C=O) groups is 5. The van der Waals surface area contributed by atoms with E-state index in [1.807, 2.05) is 0 Å². The number of amides is 1. The summed E-state index contributed by atoms with van der Waals surface area (Å²) in [5.74, 6) is -5.12. The number of nitrogens with zero attached hydrogens (tertiary/aromatic N) is 1. The standard InChI is InChI=1S/C29H34N2O9/c1-7-19-24(40-26(33)15(2)3)18(6)38-29(36)21(14-37-27(19)34)31-25(32)22-23(17(5)12-13-30-22)39-28(35)20-11-9-8-10-16(20)4/h8-13,15,18-19,21,24H,7,14H2,1-6H3,(H,31,32)/t18-,19+,21-,24-/m0/s1. The van der Waals surface area contributed by atoms with Crippen LogP contribution in [-0.2, 0) is 28.6 Å². The summed E-state index contributed by atoms with van der Waals surface area (Å²) < 4.78 is 21.9. The van der Waals surface area contributed by atoms with Crippen LogP contribution < -0.4 is 10.1 Å². The van der Waals surface area contributed by atoms with Crippen LogP contribution in [0.3, 0.4) is 0 Å². The van der Waals surface area contributed by atoms with Crippen LogP contribution in [-0.4, -0.2) is 59.6 Å². The molecular formula is C29H34N2O9. The number of aryl methyl sites for hydroxylation is 2. The maximum atomic E-state index is 13.3. The second-order valence-corrected chi connectivity index (χ2v) is 9.88. The molecule has 2 aromatic rings. The van der Waals surface area contributed by atoms with Crippen LogP contribution in [0.4, 0.5) is 0 Å². The van der Waals surface area contributed by atoms with E-state index in [-0.39, 0.29) is 17.9 Å². The van der Waals surface area contributed by atoms with Gasteiger partial charge in [0.1, 0.15) is 12.7 Å². The number of cyclic esters (lactones) is 2. The number of carbonyl (C=O) groups excluding carboxylic acids is 5. The average molecular weight is 555 g/mol. The summed E-state index contributed by atoms with van der Waals surface area (Å²) in [5.41, 5.74) is 1.21. The molecule has 0 saturated carbocycles. The van der Waals surface area contributed by atoms with E-state index >= 15 is 0 Å². The lowest BCUT2D eigenvalue weighted by Crippen LogP contribution is -2.47. The Morgan fingerprint density at radius 3 is 2.42 bits per heavy atom. The van der Waals surface area contributed by atoms with Crippen molar-refractivity contribution >= 4 is 29.8 Å². The highest BCUT2D eigenvalue weighted by molar-refractivity contribution is 6.00. The quantitative estimate of drug-likeness (QED) is 0.400. The molecule has 11 nitrogen and oxygen atoms in total. The fourth-order valence-electron chi connectivity index (χ4n) is 4.09. The number of hydrogen-bond donors (Lipinski definition) is 1. The Labute approximate surface area is 232 Å². The van der Waals surface area contributed by atoms with Gasteiger partial charge in [-0.3, -0.25) is 14.4 Å². The first kappa shape index (κ1) is 30.3. The maximum Gasteiger partial charge on any atom is 0.343 e. The van der Waals surface area contributed by atoms with Crippen molar-refractivity contribution < 1.29 is 42.9 Å². The van der Waals surface area contributed by atoms with E-state index in [1.165, 1.54) is 13.1 Å². The van der Waals surface area contributed by atoms with Crippen LogP contribution in [0, 0.1) is 25.7 Å². The molecule has 40 heavy (non-hydrogen) atoms. The van der Waals surface area contributed by atoms with Crippen LogP contribution in [0.2, 0.25) is 0 Å². The van der Waals surface area contributed by atoms with E-state index in [1.54, 1.807) is 65.0 Å². The Morgan fingerprint density at radius 1 is 1.07 bits per heavy atom. The van der Waals surface area contributed by atoms with Gasteiger partial charge in [0.15, 0.2) is 23.6 Å². The van der Waals surface area contributed by atoms with E-state index in [0.717, 1.165) is 0 Å². The fourth-order valence-corrected chi connectivity index (χ4v) is 4.09. The van der Waals surface area contributed by atoms with Gasteiger partial charge in [0, 0.05) is 6.20 Å². The largest absolute Gasteiger partial charge is 0.463 e. The van der Waals surface area contributed by atoms with Gasteiger partial charge >= 0.3 is 23.9 Å². The highest BCUT2D eigenvalue weighted by atomic mass is 16.6. The molecule has 1 aliphatic rings. The van der Waals surface area contributed by atoms with Gasteiger partial charge in [-0.05, 0) is 50.5 Å². The summed E-state index contributed by atoms with van der Waals surface area (Å²) >= 11 is 0. The minimum Gasteiger partial charge on any atom is -0.463 e. The molecule has 4 atom stereocenters. The van der Waals surface area contributed by atoms with Crippen molar-refractivity contribution in [2.45, 2.75) is 66.2 Å². The van der Waals surface area contributed by atoms with Gasteiger partial charge in [0.25, 0.3) is 5.91 Å². The average Bonchev–Trinajstić information content (AvgIpc) is 2.94. The monoisotopic (exact) mass is 554 g/mol. The molecule has 1 N–H and O–H groups in total. The molecule has 0 aliphatic carbocycles. The predicted molar refractivity (Wildman–Crippen MR) is 141 cm³/mol. The number of hydrogen-bond acceptors (Lipinski definition) is 10. The Balaban J connectivity index is 1.84. The van der Waals surface area contributed by atoms with Crippen molar-refractivity contribution in [1.82, 2.24) is 10.3 Å². The summed E-state index contributed by atoms with van der Waals surface area (Å²) in [6.07, 6.45) is -0.459. The lowest BCUT2D eigenvalue weighted by molar-refractivity contribution is -0.176. The second kappa shape index (κ2) is 13.2. The minimum atomic E-state index is -1.40. The van der Waals surface area contributed by atoms with Gasteiger partial charge in [-0.25, -0.2) is 14.6 Å². The van der Waals surface area contributed by atoms with Crippen molar-refractivity contribution in [3.8, 4) is 5.75 Å². The summed E-state index contributed by atoms with van der Waals surface area (Å²) in [6, 6.07) is 6.99. The zero-order valence-electron chi connectivity index (χ0n) is 23.4. The SMILES string of the molecule is CC[C@H]1C(=O)OC[C@H](NC(=O)c2nccc(C)c2OC(=O)c2ccccc2C)C(=O)O[C@@H](C)[C@@H]1OC(=O)C(C)C. The number of rotatable bonds is 7. The van der Waals surface area contributed by atoms with Gasteiger partial charge < -0.3 is 24.3 Å². The van der Waals surface area contributed by atoms with Gasteiger partial charge in [-0.15, -0.1) is 0 Å². The molecule has 1 aromatic heterocycles. The molecule has 2 heterocycles. The van der Waals surface area contributed by atoms with Crippen molar-refractivity contribution in [1.29, 1.82) is 0 Å². The minimum absolute atomic E-state index is 0.0817. The molecule has 0 bridgehead atoms. The Kier molecular flexibility index (Phi) is 9.98. The topological polar surface area (TPSA) is 147 Å². The van der Waals surface area contributed by atoms with Crippen LogP contribution in [0.25, 0.3) is 0 Å². The highest BCUT2D eigenvalue weighted by Gasteiger charge is 2.41. The number of benzene rings is 1. The number of nitrogens with one attached hydrogen (secondary N) is 1.